The highest BCUT2D eigenvalue weighted by atomic mass is 35.5. The Labute approximate surface area is 167 Å². The molecule has 28 heavy (non-hydrogen) atoms. The lowest BCUT2D eigenvalue weighted by Gasteiger charge is -2.22. The lowest BCUT2D eigenvalue weighted by molar-refractivity contribution is -0.150. The van der Waals surface area contributed by atoms with Crippen molar-refractivity contribution >= 4 is 29.2 Å². The Hall–Kier alpha value is -2.91. The fourth-order valence-electron chi connectivity index (χ4n) is 3.03. The van der Waals surface area contributed by atoms with E-state index in [-0.39, 0.29) is 13.0 Å². The predicted molar refractivity (Wildman–Crippen MR) is 102 cm³/mol. The summed E-state index contributed by atoms with van der Waals surface area (Å²) in [7, 11) is 0. The molecule has 5 nitrogen and oxygen atoms in total. The Balaban J connectivity index is 1.67. The predicted octanol–water partition coefficient (Wildman–Crippen LogP) is 4.00. The Kier molecular flexibility index (Phi) is 5.96. The molecule has 2 aromatic rings. The number of esters is 1. The number of carbonyl (C=O) groups excluding carboxylic acids is 2. The van der Waals surface area contributed by atoms with Crippen LogP contribution in [0.15, 0.2) is 48.5 Å². The second kappa shape index (κ2) is 8.41. The lowest BCUT2D eigenvalue weighted by Crippen LogP contribution is -2.37. The number of rotatable bonds is 7. The minimum absolute atomic E-state index is 0.103. The van der Waals surface area contributed by atoms with Crippen LogP contribution in [0.25, 0.3) is 0 Å². The molecule has 0 aromatic heterocycles. The molecule has 7 heteroatoms. The van der Waals surface area contributed by atoms with Crippen LogP contribution in [0.3, 0.4) is 0 Å². The van der Waals surface area contributed by atoms with Crippen LogP contribution in [0.2, 0.25) is 5.02 Å². The molecule has 1 aliphatic carbocycles. The molecule has 144 valence electrons. The van der Waals surface area contributed by atoms with E-state index in [1.807, 2.05) is 6.07 Å². The summed E-state index contributed by atoms with van der Waals surface area (Å²) < 4.78 is 18.4. The molecule has 0 aliphatic heterocycles. The van der Waals surface area contributed by atoms with Crippen molar-refractivity contribution in [2.75, 3.05) is 18.1 Å². The number of hydrogen-bond acceptors (Lipinski definition) is 4. The number of benzene rings is 2. The topological polar surface area (TPSA) is 70.4 Å². The fourth-order valence-corrected chi connectivity index (χ4v) is 3.15. The van der Waals surface area contributed by atoms with E-state index < -0.39 is 29.7 Å². The number of hydrogen-bond donors (Lipinski definition) is 0. The van der Waals surface area contributed by atoms with Gasteiger partial charge in [-0.3, -0.25) is 9.59 Å². The molecule has 0 unspecified atom stereocenters. The van der Waals surface area contributed by atoms with Crippen molar-refractivity contribution in [2.24, 2.45) is 0 Å². The fraction of sp³-hybridized carbons (Fsp3) is 0.286. The maximum absolute atomic E-state index is 13.1. The number of ether oxygens (including phenoxy) is 1. The number of nitrogens with zero attached hydrogens (tertiary/aromatic N) is 2. The first-order chi connectivity index (χ1) is 13.5. The quantitative estimate of drug-likeness (QED) is 0.658. The second-order valence-electron chi connectivity index (χ2n) is 6.60. The van der Waals surface area contributed by atoms with E-state index in [1.165, 1.54) is 29.2 Å². The first-order valence-corrected chi connectivity index (χ1v) is 9.20. The standard InChI is InChI=1S/C21H18ClFN2O3/c22-16-4-2-15(3-5-16)21(10-11-21)20(27)28-14-19(26)25(13-1-12-24)18-8-6-17(23)7-9-18/h2-9H,1,10-11,13-14H2. The van der Waals surface area contributed by atoms with Gasteiger partial charge in [0.15, 0.2) is 6.61 Å². The minimum Gasteiger partial charge on any atom is -0.455 e. The van der Waals surface area contributed by atoms with E-state index in [0.29, 0.717) is 23.6 Å². The summed E-state index contributed by atoms with van der Waals surface area (Å²) in [6.45, 7) is -0.322. The number of carbonyl (C=O) groups is 2. The van der Waals surface area contributed by atoms with Gasteiger partial charge in [0.2, 0.25) is 0 Å². The molecule has 1 aliphatic rings. The summed E-state index contributed by atoms with van der Waals surface area (Å²) in [5.41, 5.74) is 0.531. The van der Waals surface area contributed by atoms with Gasteiger partial charge in [0.05, 0.1) is 17.9 Å². The van der Waals surface area contributed by atoms with Crippen LogP contribution in [0.5, 0.6) is 0 Å². The van der Waals surface area contributed by atoms with Crippen molar-refractivity contribution < 1.29 is 18.7 Å². The third-order valence-electron chi connectivity index (χ3n) is 4.75. The van der Waals surface area contributed by atoms with Crippen LogP contribution < -0.4 is 4.90 Å². The zero-order chi connectivity index (χ0) is 20.1. The van der Waals surface area contributed by atoms with Crippen LogP contribution in [-0.2, 0) is 19.7 Å². The second-order valence-corrected chi connectivity index (χ2v) is 7.03. The van der Waals surface area contributed by atoms with Gasteiger partial charge in [-0.25, -0.2) is 4.39 Å². The highest BCUT2D eigenvalue weighted by molar-refractivity contribution is 6.30. The molecule has 0 radical (unpaired) electrons. The van der Waals surface area contributed by atoms with Gasteiger partial charge < -0.3 is 9.64 Å². The van der Waals surface area contributed by atoms with Gasteiger partial charge in [0, 0.05) is 17.3 Å². The van der Waals surface area contributed by atoms with Crippen LogP contribution in [0.4, 0.5) is 10.1 Å². The van der Waals surface area contributed by atoms with Gasteiger partial charge in [0.1, 0.15) is 5.82 Å². The largest absolute Gasteiger partial charge is 0.455 e. The summed E-state index contributed by atoms with van der Waals surface area (Å²) in [4.78, 5) is 26.5. The highest BCUT2D eigenvalue weighted by Crippen LogP contribution is 2.49. The highest BCUT2D eigenvalue weighted by Gasteiger charge is 2.52. The molecule has 1 saturated carbocycles. The third-order valence-corrected chi connectivity index (χ3v) is 5.00. The minimum atomic E-state index is -0.724. The molecule has 0 heterocycles. The number of nitriles is 1. The van der Waals surface area contributed by atoms with Gasteiger partial charge >= 0.3 is 5.97 Å². The van der Waals surface area contributed by atoms with E-state index in [1.54, 1.807) is 24.3 Å². The van der Waals surface area contributed by atoms with Crippen LogP contribution in [0, 0.1) is 17.1 Å². The number of anilines is 1. The summed E-state index contributed by atoms with van der Waals surface area (Å²) in [5.74, 6) is -1.36. The molecule has 1 fully saturated rings. The van der Waals surface area contributed by atoms with Crippen molar-refractivity contribution in [3.8, 4) is 6.07 Å². The van der Waals surface area contributed by atoms with Gasteiger partial charge in [0.25, 0.3) is 5.91 Å². The lowest BCUT2D eigenvalue weighted by atomic mass is 9.96. The first kappa shape index (κ1) is 19.8. The Morgan fingerprint density at radius 2 is 1.79 bits per heavy atom. The molecule has 0 N–H and O–H groups in total. The van der Waals surface area contributed by atoms with Crippen molar-refractivity contribution in [3.63, 3.8) is 0 Å². The third kappa shape index (κ3) is 4.32. The average Bonchev–Trinajstić information content (AvgIpc) is 3.50. The molecule has 0 saturated heterocycles. The van der Waals surface area contributed by atoms with E-state index >= 15 is 0 Å². The maximum Gasteiger partial charge on any atom is 0.317 e. The Bertz CT molecular complexity index is 903. The van der Waals surface area contributed by atoms with Gasteiger partial charge in [-0.1, -0.05) is 23.7 Å². The molecule has 1 amide bonds. The van der Waals surface area contributed by atoms with E-state index in [0.717, 1.165) is 5.56 Å². The van der Waals surface area contributed by atoms with Crippen molar-refractivity contribution in [1.29, 1.82) is 5.26 Å². The van der Waals surface area contributed by atoms with Crippen molar-refractivity contribution in [1.82, 2.24) is 0 Å². The van der Waals surface area contributed by atoms with Gasteiger partial charge in [-0.05, 0) is 54.8 Å². The molecule has 2 aromatic carbocycles. The molecular formula is C21H18ClFN2O3. The molecule has 0 bridgehead atoms. The van der Waals surface area contributed by atoms with Gasteiger partial charge in [-0.2, -0.15) is 5.26 Å². The number of halogens is 2. The molecular weight excluding hydrogens is 383 g/mol. The van der Waals surface area contributed by atoms with E-state index in [4.69, 9.17) is 21.6 Å². The zero-order valence-electron chi connectivity index (χ0n) is 15.0. The smallest absolute Gasteiger partial charge is 0.317 e. The molecule has 0 atom stereocenters. The maximum atomic E-state index is 13.1. The van der Waals surface area contributed by atoms with Gasteiger partial charge in [-0.15, -0.1) is 0 Å². The SMILES string of the molecule is N#CCCN(C(=O)COC(=O)C1(c2ccc(Cl)cc2)CC1)c1ccc(F)cc1. The van der Waals surface area contributed by atoms with Crippen LogP contribution in [0.1, 0.15) is 24.8 Å². The van der Waals surface area contributed by atoms with E-state index in [9.17, 15) is 14.0 Å². The summed E-state index contributed by atoms with van der Waals surface area (Å²) in [6.07, 6.45) is 1.40. The Morgan fingerprint density at radius 1 is 1.14 bits per heavy atom. The first-order valence-electron chi connectivity index (χ1n) is 8.82. The monoisotopic (exact) mass is 400 g/mol. The summed E-state index contributed by atoms with van der Waals surface area (Å²) in [5, 5.41) is 9.40. The van der Waals surface area contributed by atoms with Crippen molar-refractivity contribution in [2.45, 2.75) is 24.7 Å². The van der Waals surface area contributed by atoms with E-state index in [2.05, 4.69) is 0 Å². The van der Waals surface area contributed by atoms with Crippen molar-refractivity contribution in [3.05, 3.63) is 64.9 Å². The molecule has 0 spiro atoms. The summed E-state index contributed by atoms with van der Waals surface area (Å²) >= 11 is 5.90. The summed E-state index contributed by atoms with van der Waals surface area (Å²) in [6, 6.07) is 14.3. The number of amides is 1. The zero-order valence-corrected chi connectivity index (χ0v) is 15.8. The molecule has 3 rings (SSSR count). The normalized spacial score (nSPS) is 14.0. The van der Waals surface area contributed by atoms with Crippen LogP contribution >= 0.6 is 11.6 Å². The van der Waals surface area contributed by atoms with Crippen LogP contribution in [-0.4, -0.2) is 25.0 Å². The average molecular weight is 401 g/mol. The Morgan fingerprint density at radius 3 is 2.36 bits per heavy atom.